The molecule has 2 amide bonds. The van der Waals surface area contributed by atoms with Crippen LogP contribution in [0.3, 0.4) is 0 Å². The second-order valence-electron chi connectivity index (χ2n) is 5.52. The first-order chi connectivity index (χ1) is 11.2. The Morgan fingerprint density at radius 3 is 2.26 bits per heavy atom. The number of thiophene rings is 1. The minimum Gasteiger partial charge on any atom is -0.337 e. The zero-order chi connectivity index (χ0) is 16.2. The molecule has 0 aliphatic carbocycles. The van der Waals surface area contributed by atoms with Gasteiger partial charge in [-0.05, 0) is 17.0 Å². The van der Waals surface area contributed by atoms with Gasteiger partial charge in [0.15, 0.2) is 0 Å². The van der Waals surface area contributed by atoms with Crippen LogP contribution in [0.5, 0.6) is 0 Å². The summed E-state index contributed by atoms with van der Waals surface area (Å²) in [5.41, 5.74) is 7.60. The van der Waals surface area contributed by atoms with Crippen molar-refractivity contribution in [1.82, 2.24) is 9.80 Å². The first-order valence-electron chi connectivity index (χ1n) is 7.57. The van der Waals surface area contributed by atoms with E-state index in [2.05, 4.69) is 0 Å². The van der Waals surface area contributed by atoms with Crippen molar-refractivity contribution in [2.45, 2.75) is 6.04 Å². The quantitative estimate of drug-likeness (QED) is 0.932. The average molecular weight is 329 g/mol. The van der Waals surface area contributed by atoms with Gasteiger partial charge in [0.25, 0.3) is 5.91 Å². The lowest BCUT2D eigenvalue weighted by Gasteiger charge is -2.35. The van der Waals surface area contributed by atoms with Crippen LogP contribution in [0.1, 0.15) is 22.0 Å². The van der Waals surface area contributed by atoms with Gasteiger partial charge in [-0.3, -0.25) is 9.59 Å². The van der Waals surface area contributed by atoms with Gasteiger partial charge in [-0.2, -0.15) is 11.3 Å². The van der Waals surface area contributed by atoms with Crippen molar-refractivity contribution >= 4 is 23.2 Å². The molecule has 1 aliphatic heterocycles. The van der Waals surface area contributed by atoms with E-state index in [-0.39, 0.29) is 11.8 Å². The van der Waals surface area contributed by atoms with Crippen LogP contribution in [0.25, 0.3) is 0 Å². The Kier molecular flexibility index (Phi) is 4.73. The molecule has 1 atom stereocenters. The van der Waals surface area contributed by atoms with E-state index in [1.165, 1.54) is 11.3 Å². The van der Waals surface area contributed by atoms with E-state index in [0.29, 0.717) is 26.2 Å². The standard InChI is InChI=1S/C17H19N3O2S/c18-15(13-4-2-1-3-5-13)17(22)20-9-7-19(8-10-20)16(21)14-6-11-23-12-14/h1-6,11-12,15H,7-10,18H2. The Hall–Kier alpha value is -2.18. The fraction of sp³-hybridized carbons (Fsp3) is 0.294. The molecule has 120 valence electrons. The van der Waals surface area contributed by atoms with Crippen LogP contribution in [-0.4, -0.2) is 47.8 Å². The van der Waals surface area contributed by atoms with Crippen LogP contribution in [0, 0.1) is 0 Å². The lowest BCUT2D eigenvalue weighted by Crippen LogP contribution is -2.52. The summed E-state index contributed by atoms with van der Waals surface area (Å²) < 4.78 is 0. The van der Waals surface area contributed by atoms with Crippen molar-refractivity contribution in [1.29, 1.82) is 0 Å². The number of rotatable bonds is 3. The van der Waals surface area contributed by atoms with Gasteiger partial charge >= 0.3 is 0 Å². The zero-order valence-corrected chi connectivity index (χ0v) is 13.5. The summed E-state index contributed by atoms with van der Waals surface area (Å²) in [5, 5.41) is 3.75. The molecule has 6 heteroatoms. The highest BCUT2D eigenvalue weighted by molar-refractivity contribution is 7.08. The molecule has 3 rings (SSSR count). The molecule has 23 heavy (non-hydrogen) atoms. The van der Waals surface area contributed by atoms with E-state index in [4.69, 9.17) is 5.73 Å². The smallest absolute Gasteiger partial charge is 0.254 e. The summed E-state index contributed by atoms with van der Waals surface area (Å²) in [6, 6.07) is 10.6. The molecule has 1 aromatic heterocycles. The fourth-order valence-corrected chi connectivity index (χ4v) is 3.33. The third-order valence-electron chi connectivity index (χ3n) is 4.07. The Bertz CT molecular complexity index is 664. The Labute approximate surface area is 139 Å². The lowest BCUT2D eigenvalue weighted by atomic mass is 10.1. The molecule has 2 N–H and O–H groups in total. The molecule has 0 saturated carbocycles. The van der Waals surface area contributed by atoms with Gasteiger partial charge in [-0.1, -0.05) is 30.3 Å². The van der Waals surface area contributed by atoms with Gasteiger partial charge in [-0.25, -0.2) is 0 Å². The van der Waals surface area contributed by atoms with E-state index in [9.17, 15) is 9.59 Å². The Morgan fingerprint density at radius 1 is 1.00 bits per heavy atom. The highest BCUT2D eigenvalue weighted by Crippen LogP contribution is 2.16. The van der Waals surface area contributed by atoms with Crippen molar-refractivity contribution in [3.05, 3.63) is 58.3 Å². The van der Waals surface area contributed by atoms with Gasteiger partial charge in [0.2, 0.25) is 5.91 Å². The molecule has 1 aliphatic rings. The molecule has 1 aromatic carbocycles. The highest BCUT2D eigenvalue weighted by atomic mass is 32.1. The Balaban J connectivity index is 1.58. The van der Waals surface area contributed by atoms with Crippen LogP contribution in [0.4, 0.5) is 0 Å². The first-order valence-corrected chi connectivity index (χ1v) is 8.52. The summed E-state index contributed by atoms with van der Waals surface area (Å²) in [4.78, 5) is 28.3. The van der Waals surface area contributed by atoms with Crippen LogP contribution >= 0.6 is 11.3 Å². The fourth-order valence-electron chi connectivity index (χ4n) is 2.70. The van der Waals surface area contributed by atoms with Crippen molar-refractivity contribution in [3.63, 3.8) is 0 Å². The normalized spacial score (nSPS) is 16.2. The van der Waals surface area contributed by atoms with Gasteiger partial charge in [0, 0.05) is 31.6 Å². The van der Waals surface area contributed by atoms with E-state index < -0.39 is 6.04 Å². The predicted octanol–water partition coefficient (Wildman–Crippen LogP) is 1.73. The Morgan fingerprint density at radius 2 is 1.65 bits per heavy atom. The number of carbonyl (C=O) groups excluding carboxylic acids is 2. The van der Waals surface area contributed by atoms with Crippen molar-refractivity contribution in [2.75, 3.05) is 26.2 Å². The van der Waals surface area contributed by atoms with Gasteiger partial charge < -0.3 is 15.5 Å². The second-order valence-corrected chi connectivity index (χ2v) is 6.30. The van der Waals surface area contributed by atoms with Crippen LogP contribution in [-0.2, 0) is 4.79 Å². The second kappa shape index (κ2) is 6.93. The molecule has 0 bridgehead atoms. The number of nitrogens with two attached hydrogens (primary N) is 1. The number of nitrogens with zero attached hydrogens (tertiary/aromatic N) is 2. The van der Waals surface area contributed by atoms with Crippen molar-refractivity contribution in [3.8, 4) is 0 Å². The highest BCUT2D eigenvalue weighted by Gasteiger charge is 2.28. The van der Waals surface area contributed by atoms with Gasteiger partial charge in [0.1, 0.15) is 6.04 Å². The molecule has 5 nitrogen and oxygen atoms in total. The number of piperazine rings is 1. The number of amides is 2. The molecule has 0 spiro atoms. The average Bonchev–Trinajstić information content (AvgIpc) is 3.15. The SMILES string of the molecule is NC(C(=O)N1CCN(C(=O)c2ccsc2)CC1)c1ccccc1. The van der Waals surface area contributed by atoms with E-state index in [0.717, 1.165) is 11.1 Å². The summed E-state index contributed by atoms with van der Waals surface area (Å²) in [6.45, 7) is 2.13. The topological polar surface area (TPSA) is 66.6 Å². The minimum atomic E-state index is -0.643. The maximum Gasteiger partial charge on any atom is 0.254 e. The van der Waals surface area contributed by atoms with Crippen LogP contribution < -0.4 is 5.73 Å². The number of benzene rings is 1. The van der Waals surface area contributed by atoms with Gasteiger partial charge in [0.05, 0.1) is 5.56 Å². The summed E-state index contributed by atoms with van der Waals surface area (Å²) >= 11 is 1.51. The molecule has 2 aromatic rings. The number of hydrogen-bond donors (Lipinski definition) is 1. The minimum absolute atomic E-state index is 0.0331. The number of carbonyl (C=O) groups is 2. The largest absolute Gasteiger partial charge is 0.337 e. The number of hydrogen-bond acceptors (Lipinski definition) is 4. The predicted molar refractivity (Wildman–Crippen MR) is 90.2 cm³/mol. The van der Waals surface area contributed by atoms with Crippen LogP contribution in [0.2, 0.25) is 0 Å². The maximum absolute atomic E-state index is 12.5. The van der Waals surface area contributed by atoms with Crippen LogP contribution in [0.15, 0.2) is 47.2 Å². The third-order valence-corrected chi connectivity index (χ3v) is 4.75. The zero-order valence-electron chi connectivity index (χ0n) is 12.7. The van der Waals surface area contributed by atoms with Crippen molar-refractivity contribution < 1.29 is 9.59 Å². The lowest BCUT2D eigenvalue weighted by molar-refractivity contribution is -0.134. The van der Waals surface area contributed by atoms with E-state index >= 15 is 0 Å². The summed E-state index contributed by atoms with van der Waals surface area (Å²) in [7, 11) is 0. The molecular weight excluding hydrogens is 310 g/mol. The maximum atomic E-state index is 12.5. The van der Waals surface area contributed by atoms with E-state index in [1.807, 2.05) is 47.2 Å². The molecule has 1 unspecified atom stereocenters. The van der Waals surface area contributed by atoms with E-state index in [1.54, 1.807) is 9.80 Å². The van der Waals surface area contributed by atoms with Crippen molar-refractivity contribution in [2.24, 2.45) is 5.73 Å². The molecule has 1 saturated heterocycles. The molecule has 1 fully saturated rings. The summed E-state index contributed by atoms with van der Waals surface area (Å²) in [5.74, 6) is -0.0514. The molecular formula is C17H19N3O2S. The third kappa shape index (κ3) is 3.43. The molecule has 0 radical (unpaired) electrons. The van der Waals surface area contributed by atoms with Gasteiger partial charge in [-0.15, -0.1) is 0 Å². The summed E-state index contributed by atoms with van der Waals surface area (Å²) in [6.07, 6.45) is 0. The molecule has 2 heterocycles. The monoisotopic (exact) mass is 329 g/mol. The first kappa shape index (κ1) is 15.7.